The van der Waals surface area contributed by atoms with Crippen molar-refractivity contribution >= 4 is 11.9 Å². The minimum atomic E-state index is -4.56. The van der Waals surface area contributed by atoms with Gasteiger partial charge in [-0.25, -0.2) is 9.48 Å². The normalized spacial score (nSPS) is 15.5. The fourth-order valence-corrected chi connectivity index (χ4v) is 3.42. The number of carbonyl (C=O) groups is 2. The number of ether oxygens (including phenoxy) is 1. The summed E-state index contributed by atoms with van der Waals surface area (Å²) in [5.41, 5.74) is -2.02. The van der Waals surface area contributed by atoms with Gasteiger partial charge in [0, 0.05) is 17.8 Å². The molecular formula is C21H22F3N3O4. The minimum absolute atomic E-state index is 0.0217. The average Bonchev–Trinajstić information content (AvgIpc) is 3.20. The number of hydrogen-bond acceptors (Lipinski definition) is 5. The van der Waals surface area contributed by atoms with Gasteiger partial charge in [0.05, 0.1) is 11.3 Å². The number of nitrogens with one attached hydrogen (secondary N) is 1. The number of nitrogens with zero attached hydrogens (tertiary/aromatic N) is 2. The molecule has 166 valence electrons. The molecule has 1 aromatic heterocycles. The topological polar surface area (TPSA) is 90.3 Å². The Hall–Kier alpha value is -3.17. The lowest BCUT2D eigenvalue weighted by molar-refractivity contribution is -0.137. The van der Waals surface area contributed by atoms with Crippen LogP contribution in [0.25, 0.3) is 5.69 Å². The van der Waals surface area contributed by atoms with Crippen LogP contribution in [0, 0.1) is 6.92 Å². The van der Waals surface area contributed by atoms with E-state index < -0.39 is 40.8 Å². The fraction of sp³-hybridized carbons (Fsp3) is 0.429. The smallest absolute Gasteiger partial charge is 0.416 e. The Labute approximate surface area is 176 Å². The summed E-state index contributed by atoms with van der Waals surface area (Å²) in [4.78, 5) is 37.0. The average molecular weight is 437 g/mol. The van der Waals surface area contributed by atoms with Crippen molar-refractivity contribution in [2.24, 2.45) is 0 Å². The fourth-order valence-electron chi connectivity index (χ4n) is 3.42. The van der Waals surface area contributed by atoms with Crippen LogP contribution in [0.15, 0.2) is 35.1 Å². The molecule has 1 heterocycles. The highest BCUT2D eigenvalue weighted by Gasteiger charge is 2.31. The first kappa shape index (κ1) is 22.5. The van der Waals surface area contributed by atoms with Crippen LogP contribution >= 0.6 is 0 Å². The van der Waals surface area contributed by atoms with E-state index in [4.69, 9.17) is 4.74 Å². The first-order valence-electron chi connectivity index (χ1n) is 9.86. The maximum Gasteiger partial charge on any atom is 0.416 e. The van der Waals surface area contributed by atoms with Crippen molar-refractivity contribution in [3.8, 4) is 5.69 Å². The first-order valence-corrected chi connectivity index (χ1v) is 9.86. The molecule has 0 saturated heterocycles. The van der Waals surface area contributed by atoms with Crippen molar-refractivity contribution in [2.45, 2.75) is 57.9 Å². The quantitative estimate of drug-likeness (QED) is 0.726. The van der Waals surface area contributed by atoms with E-state index in [1.165, 1.54) is 26.0 Å². The second-order valence-corrected chi connectivity index (χ2v) is 7.50. The monoisotopic (exact) mass is 437 g/mol. The van der Waals surface area contributed by atoms with Gasteiger partial charge in [-0.2, -0.15) is 18.3 Å². The molecule has 1 saturated carbocycles. The van der Waals surface area contributed by atoms with E-state index in [0.717, 1.165) is 48.6 Å². The highest BCUT2D eigenvalue weighted by Crippen LogP contribution is 2.30. The second kappa shape index (κ2) is 8.91. The Morgan fingerprint density at radius 1 is 1.23 bits per heavy atom. The molecule has 2 aromatic rings. The molecule has 1 aliphatic rings. The van der Waals surface area contributed by atoms with Crippen molar-refractivity contribution in [1.29, 1.82) is 0 Å². The SMILES string of the molecule is Cc1cc(=O)c(C(=O)OC(C)C(=O)NC2CCCC2)nn1-c1cccc(C(F)(F)F)c1. The van der Waals surface area contributed by atoms with Gasteiger partial charge in [0.15, 0.2) is 6.10 Å². The van der Waals surface area contributed by atoms with E-state index in [1.54, 1.807) is 0 Å². The summed E-state index contributed by atoms with van der Waals surface area (Å²) >= 11 is 0. The molecule has 1 atom stereocenters. The maximum absolute atomic E-state index is 13.0. The molecule has 1 aromatic carbocycles. The Bertz CT molecular complexity index is 1040. The Kier molecular flexibility index (Phi) is 6.47. The summed E-state index contributed by atoms with van der Waals surface area (Å²) in [5, 5.41) is 6.70. The van der Waals surface area contributed by atoms with Gasteiger partial charge in [-0.05, 0) is 44.9 Å². The zero-order valence-electron chi connectivity index (χ0n) is 17.0. The van der Waals surface area contributed by atoms with Crippen LogP contribution in [0.2, 0.25) is 0 Å². The van der Waals surface area contributed by atoms with Gasteiger partial charge in [-0.1, -0.05) is 18.9 Å². The van der Waals surface area contributed by atoms with Crippen molar-refractivity contribution < 1.29 is 27.5 Å². The molecule has 10 heteroatoms. The van der Waals surface area contributed by atoms with Gasteiger partial charge in [0.2, 0.25) is 11.1 Å². The molecule has 7 nitrogen and oxygen atoms in total. The van der Waals surface area contributed by atoms with E-state index in [-0.39, 0.29) is 17.4 Å². The predicted molar refractivity (Wildman–Crippen MR) is 105 cm³/mol. The lowest BCUT2D eigenvalue weighted by Gasteiger charge is -2.17. The van der Waals surface area contributed by atoms with Gasteiger partial charge in [-0.15, -0.1) is 0 Å². The Morgan fingerprint density at radius 2 is 1.90 bits per heavy atom. The second-order valence-electron chi connectivity index (χ2n) is 7.50. The van der Waals surface area contributed by atoms with Gasteiger partial charge >= 0.3 is 12.1 Å². The van der Waals surface area contributed by atoms with E-state index in [0.29, 0.717) is 0 Å². The maximum atomic E-state index is 13.0. The van der Waals surface area contributed by atoms with Crippen LogP contribution < -0.4 is 10.7 Å². The minimum Gasteiger partial charge on any atom is -0.448 e. The van der Waals surface area contributed by atoms with Crippen molar-refractivity contribution in [3.05, 3.63) is 57.5 Å². The third-order valence-corrected chi connectivity index (χ3v) is 5.07. The van der Waals surface area contributed by atoms with Crippen LogP contribution in [0.4, 0.5) is 13.2 Å². The lowest BCUT2D eigenvalue weighted by atomic mass is 10.2. The highest BCUT2D eigenvalue weighted by atomic mass is 19.4. The summed E-state index contributed by atoms with van der Waals surface area (Å²) in [6, 6.07) is 5.44. The number of halogens is 3. The molecule has 1 fully saturated rings. The summed E-state index contributed by atoms with van der Waals surface area (Å²) in [7, 11) is 0. The molecule has 1 unspecified atom stereocenters. The first-order chi connectivity index (χ1) is 14.6. The molecule has 0 radical (unpaired) electrons. The van der Waals surface area contributed by atoms with E-state index in [9.17, 15) is 27.6 Å². The third-order valence-electron chi connectivity index (χ3n) is 5.07. The molecule has 0 bridgehead atoms. The molecular weight excluding hydrogens is 415 g/mol. The van der Waals surface area contributed by atoms with Crippen LogP contribution in [-0.2, 0) is 15.7 Å². The lowest BCUT2D eigenvalue weighted by Crippen LogP contribution is -2.41. The number of hydrogen-bond donors (Lipinski definition) is 1. The van der Waals surface area contributed by atoms with Crippen molar-refractivity contribution in [3.63, 3.8) is 0 Å². The van der Waals surface area contributed by atoms with Gasteiger partial charge < -0.3 is 10.1 Å². The Morgan fingerprint density at radius 3 is 2.55 bits per heavy atom. The summed E-state index contributed by atoms with van der Waals surface area (Å²) in [6.45, 7) is 2.85. The number of aromatic nitrogens is 2. The van der Waals surface area contributed by atoms with Gasteiger partial charge in [-0.3, -0.25) is 9.59 Å². The number of aryl methyl sites for hydroxylation is 1. The van der Waals surface area contributed by atoms with E-state index >= 15 is 0 Å². The van der Waals surface area contributed by atoms with Crippen LogP contribution in [0.3, 0.4) is 0 Å². The number of carbonyl (C=O) groups excluding carboxylic acids is 2. The number of rotatable bonds is 5. The molecule has 1 aliphatic carbocycles. The Balaban J connectivity index is 1.83. The molecule has 0 aliphatic heterocycles. The zero-order valence-corrected chi connectivity index (χ0v) is 17.0. The van der Waals surface area contributed by atoms with Crippen molar-refractivity contribution in [1.82, 2.24) is 15.1 Å². The van der Waals surface area contributed by atoms with Gasteiger partial charge in [0.1, 0.15) is 0 Å². The molecule has 31 heavy (non-hydrogen) atoms. The summed E-state index contributed by atoms with van der Waals surface area (Å²) in [5.74, 6) is -1.61. The molecule has 1 N–H and O–H groups in total. The van der Waals surface area contributed by atoms with Crippen LogP contribution in [0.1, 0.15) is 54.4 Å². The predicted octanol–water partition coefficient (Wildman–Crippen LogP) is 3.16. The van der Waals surface area contributed by atoms with E-state index in [1.807, 2.05) is 0 Å². The third kappa shape index (κ3) is 5.31. The van der Waals surface area contributed by atoms with E-state index in [2.05, 4.69) is 10.4 Å². The molecule has 3 rings (SSSR count). The summed E-state index contributed by atoms with van der Waals surface area (Å²) < 4.78 is 45.2. The molecule has 0 spiro atoms. The highest BCUT2D eigenvalue weighted by molar-refractivity contribution is 5.90. The number of amides is 1. The standard InChI is InChI=1S/C21H22F3N3O4/c1-12-10-17(28)18(20(30)31-13(2)19(29)25-15-7-3-4-8-15)26-27(12)16-9-5-6-14(11-16)21(22,23)24/h5-6,9-11,13,15H,3-4,7-8H2,1-2H3,(H,25,29). The largest absolute Gasteiger partial charge is 0.448 e. The van der Waals surface area contributed by atoms with Crippen LogP contribution in [-0.4, -0.2) is 33.8 Å². The number of esters is 1. The van der Waals surface area contributed by atoms with Gasteiger partial charge in [0.25, 0.3) is 5.91 Å². The number of alkyl halides is 3. The van der Waals surface area contributed by atoms with Crippen molar-refractivity contribution in [2.75, 3.05) is 0 Å². The zero-order chi connectivity index (χ0) is 22.8. The molecule has 1 amide bonds. The van der Waals surface area contributed by atoms with Crippen LogP contribution in [0.5, 0.6) is 0 Å². The number of benzene rings is 1. The summed E-state index contributed by atoms with van der Waals surface area (Å²) in [6.07, 6.45) is -1.98.